The van der Waals surface area contributed by atoms with E-state index in [9.17, 15) is 0 Å². The van der Waals surface area contributed by atoms with Crippen LogP contribution in [0.3, 0.4) is 0 Å². The number of aromatic nitrogens is 3. The van der Waals surface area contributed by atoms with Crippen LogP contribution in [0.1, 0.15) is 6.92 Å². The molecule has 0 aliphatic rings. The summed E-state index contributed by atoms with van der Waals surface area (Å²) in [5, 5.41) is 4.88. The predicted octanol–water partition coefficient (Wildman–Crippen LogP) is 0.708. The Morgan fingerprint density at radius 3 is 3.11 bits per heavy atom. The lowest BCUT2D eigenvalue weighted by Gasteiger charge is -2.06. The highest BCUT2D eigenvalue weighted by atomic mass is 35.5. The van der Waals surface area contributed by atoms with Crippen LogP contribution in [-0.4, -0.2) is 38.0 Å². The molecule has 2 heterocycles. The van der Waals surface area contributed by atoms with Crippen LogP contribution in [0.5, 0.6) is 0 Å². The molecule has 0 bridgehead atoms. The number of nitrogens with two attached hydrogens (primary N) is 1. The van der Waals surface area contributed by atoms with E-state index in [4.69, 9.17) is 17.3 Å². The Labute approximate surface area is 118 Å². The lowest BCUT2D eigenvalue weighted by molar-refractivity contribution is 1.13. The molecule has 0 unspecified atom stereocenters. The second-order valence-corrected chi connectivity index (χ2v) is 4.51. The first-order chi connectivity index (χ1) is 9.15. The molecule has 4 N–H and O–H groups in total. The molecule has 0 atom stereocenters. The van der Waals surface area contributed by atoms with E-state index in [-0.39, 0.29) is 0 Å². The fraction of sp³-hybridized carbons (Fsp3) is 0.182. The Morgan fingerprint density at radius 1 is 1.63 bits per heavy atom. The number of halogens is 1. The van der Waals surface area contributed by atoms with Gasteiger partial charge in [0.05, 0.1) is 16.1 Å². The summed E-state index contributed by atoms with van der Waals surface area (Å²) in [4.78, 5) is 15.6. The number of allylic oxidation sites excluding steroid dienone is 1. The molecule has 0 aromatic carbocycles. The van der Waals surface area contributed by atoms with Gasteiger partial charge in [0.1, 0.15) is 15.9 Å². The molecule has 97 valence electrons. The Kier molecular flexibility index (Phi) is 4.18. The van der Waals surface area contributed by atoms with Crippen LogP contribution in [0.25, 0.3) is 11.0 Å². The Bertz CT molecular complexity index is 648. The van der Waals surface area contributed by atoms with E-state index in [1.807, 2.05) is 6.92 Å². The third kappa shape index (κ3) is 2.94. The molecule has 0 aliphatic carbocycles. The van der Waals surface area contributed by atoms with Crippen LogP contribution in [0.15, 0.2) is 23.1 Å². The largest absolute Gasteiger partial charge is 0.403 e. The average Bonchev–Trinajstić information content (AvgIpc) is 2.76. The number of aromatic amines is 1. The van der Waals surface area contributed by atoms with Gasteiger partial charge in [0.25, 0.3) is 0 Å². The van der Waals surface area contributed by atoms with Gasteiger partial charge in [-0.1, -0.05) is 11.6 Å². The molecule has 0 amide bonds. The van der Waals surface area contributed by atoms with Crippen molar-refractivity contribution in [2.75, 3.05) is 11.9 Å². The molecule has 2 rings (SSSR count). The quantitative estimate of drug-likeness (QED) is 0.571. The molecule has 8 heteroatoms. The first-order valence-electron chi connectivity index (χ1n) is 5.60. The van der Waals surface area contributed by atoms with E-state index in [1.54, 1.807) is 12.4 Å². The van der Waals surface area contributed by atoms with E-state index in [1.165, 1.54) is 6.20 Å². The maximum atomic E-state index is 6.02. The number of rotatable bonds is 4. The summed E-state index contributed by atoms with van der Waals surface area (Å²) < 4.78 is 0. The molecule has 0 spiro atoms. The van der Waals surface area contributed by atoms with Crippen molar-refractivity contribution in [3.8, 4) is 0 Å². The maximum absolute atomic E-state index is 6.02. The molecule has 0 aliphatic heterocycles. The molecule has 0 fully saturated rings. The van der Waals surface area contributed by atoms with Crippen molar-refractivity contribution in [1.82, 2.24) is 15.0 Å². The van der Waals surface area contributed by atoms with Gasteiger partial charge in [-0.05, 0) is 6.92 Å². The van der Waals surface area contributed by atoms with Crippen LogP contribution < -0.4 is 16.4 Å². The van der Waals surface area contributed by atoms with E-state index >= 15 is 0 Å². The summed E-state index contributed by atoms with van der Waals surface area (Å²) >= 11 is 6.02. The highest BCUT2D eigenvalue weighted by molar-refractivity contribution is 6.43. The average molecular weight is 292 g/mol. The fourth-order valence-electron chi connectivity index (χ4n) is 1.49. The molecular formula is C11H12ClN6Si. The van der Waals surface area contributed by atoms with Crippen LogP contribution in [0.2, 0.25) is 5.02 Å². The van der Waals surface area contributed by atoms with E-state index in [2.05, 4.69) is 35.5 Å². The summed E-state index contributed by atoms with van der Waals surface area (Å²) in [5.41, 5.74) is 6.75. The standard InChI is InChI=1S/C11H12ClN6Si/c1-2-14-4-6(3-13)16-11-17-9-8(10(19)18-11)7(12)5-15-9/h3-5H,2,13H2,1H3,(H2,15,16,17,18). The molecule has 2 aromatic rings. The first-order valence-corrected chi connectivity index (χ1v) is 6.48. The Hall–Kier alpha value is -1.86. The van der Waals surface area contributed by atoms with Gasteiger partial charge < -0.3 is 16.0 Å². The predicted molar refractivity (Wildman–Crippen MR) is 79.2 cm³/mol. The van der Waals surface area contributed by atoms with Gasteiger partial charge in [0.2, 0.25) is 5.95 Å². The van der Waals surface area contributed by atoms with Crippen LogP contribution in [-0.2, 0) is 0 Å². The maximum Gasteiger partial charge on any atom is 0.229 e. The third-order valence-corrected chi connectivity index (χ3v) is 2.99. The lowest BCUT2D eigenvalue weighted by atomic mass is 10.4. The van der Waals surface area contributed by atoms with Crippen molar-refractivity contribution < 1.29 is 0 Å². The van der Waals surface area contributed by atoms with Gasteiger partial charge in [0.15, 0.2) is 0 Å². The zero-order valence-corrected chi connectivity index (χ0v) is 12.0. The van der Waals surface area contributed by atoms with Gasteiger partial charge in [-0.15, -0.1) is 0 Å². The zero-order chi connectivity index (χ0) is 13.8. The van der Waals surface area contributed by atoms with Gasteiger partial charge >= 0.3 is 0 Å². The summed E-state index contributed by atoms with van der Waals surface area (Å²) in [6.45, 7) is 2.61. The summed E-state index contributed by atoms with van der Waals surface area (Å²) in [6.07, 6.45) is 4.69. The molecule has 3 radical (unpaired) electrons. The molecule has 2 aromatic heterocycles. The summed E-state index contributed by atoms with van der Waals surface area (Å²) in [6, 6.07) is 0. The molecular weight excluding hydrogens is 280 g/mol. The van der Waals surface area contributed by atoms with Crippen LogP contribution in [0.4, 0.5) is 5.95 Å². The second-order valence-electron chi connectivity index (χ2n) is 3.63. The van der Waals surface area contributed by atoms with Crippen LogP contribution >= 0.6 is 11.6 Å². The number of anilines is 1. The number of nitrogens with one attached hydrogen (secondary N) is 2. The zero-order valence-electron chi connectivity index (χ0n) is 10.2. The van der Waals surface area contributed by atoms with Gasteiger partial charge in [-0.25, -0.2) is 4.98 Å². The lowest BCUT2D eigenvalue weighted by Crippen LogP contribution is -2.15. The SMILES string of the molecule is CCN=CC(=CN)Nc1nc([Si])c2c(Cl)c[nH]c2n1. The van der Waals surface area contributed by atoms with Crippen molar-refractivity contribution in [2.24, 2.45) is 10.7 Å². The Balaban J connectivity index is 2.33. The van der Waals surface area contributed by atoms with Gasteiger partial charge in [0, 0.05) is 30.5 Å². The monoisotopic (exact) mass is 291 g/mol. The topological polar surface area (TPSA) is 92.0 Å². The van der Waals surface area contributed by atoms with E-state index in [0.717, 1.165) is 5.39 Å². The minimum Gasteiger partial charge on any atom is -0.403 e. The Morgan fingerprint density at radius 2 is 2.42 bits per heavy atom. The van der Waals surface area contributed by atoms with Crippen molar-refractivity contribution in [3.63, 3.8) is 0 Å². The number of hydrogen-bond acceptors (Lipinski definition) is 5. The van der Waals surface area contributed by atoms with Crippen molar-refractivity contribution in [2.45, 2.75) is 6.92 Å². The highest BCUT2D eigenvalue weighted by Gasteiger charge is 2.09. The fourth-order valence-corrected chi connectivity index (χ4v) is 2.16. The second kappa shape index (κ2) is 5.85. The van der Waals surface area contributed by atoms with E-state index < -0.39 is 0 Å². The summed E-state index contributed by atoms with van der Waals surface area (Å²) in [5.74, 6) is 0.398. The molecule has 19 heavy (non-hydrogen) atoms. The molecule has 0 saturated carbocycles. The molecule has 6 nitrogen and oxygen atoms in total. The highest BCUT2D eigenvalue weighted by Crippen LogP contribution is 2.19. The number of hydrogen-bond donors (Lipinski definition) is 3. The minimum absolute atomic E-state index is 0.398. The van der Waals surface area contributed by atoms with E-state index in [0.29, 0.717) is 34.2 Å². The van der Waals surface area contributed by atoms with Crippen molar-refractivity contribution >= 4 is 50.4 Å². The van der Waals surface area contributed by atoms with Gasteiger partial charge in [-0.3, -0.25) is 4.99 Å². The first kappa shape index (κ1) is 13.6. The third-order valence-electron chi connectivity index (χ3n) is 2.33. The minimum atomic E-state index is 0.398. The van der Waals surface area contributed by atoms with Gasteiger partial charge in [-0.2, -0.15) is 4.98 Å². The number of aliphatic imine (C=N–C) groups is 1. The number of fused-ring (bicyclic) bond motifs is 1. The van der Waals surface area contributed by atoms with Crippen molar-refractivity contribution in [1.29, 1.82) is 0 Å². The smallest absolute Gasteiger partial charge is 0.229 e. The normalized spacial score (nSPS) is 12.5. The molecule has 0 saturated heterocycles. The number of nitrogens with zero attached hydrogens (tertiary/aromatic N) is 3. The van der Waals surface area contributed by atoms with Crippen LogP contribution in [0, 0.1) is 0 Å². The summed E-state index contributed by atoms with van der Waals surface area (Å²) in [7, 11) is 3.42. The number of H-pyrrole nitrogens is 1. The van der Waals surface area contributed by atoms with Crippen molar-refractivity contribution in [3.05, 3.63) is 23.1 Å².